The van der Waals surface area contributed by atoms with E-state index in [1.54, 1.807) is 6.07 Å². The molecule has 170 valence electrons. The third kappa shape index (κ3) is 3.75. The molecule has 1 N–H and O–H groups in total. The van der Waals surface area contributed by atoms with Gasteiger partial charge in [-0.1, -0.05) is 100 Å². The lowest BCUT2D eigenvalue weighted by molar-refractivity contribution is 0.466. The predicted octanol–water partition coefficient (Wildman–Crippen LogP) is 6.78. The van der Waals surface area contributed by atoms with Crippen molar-refractivity contribution >= 4 is 11.0 Å². The first-order chi connectivity index (χ1) is 16.3. The minimum atomic E-state index is -0.294. The summed E-state index contributed by atoms with van der Waals surface area (Å²) in [6, 6.07) is 32.9. The fraction of sp³-hybridized carbons (Fsp3) is 0.200. The largest absolute Gasteiger partial charge is 0.506 e. The maximum Gasteiger partial charge on any atom is 0.143 e. The van der Waals surface area contributed by atoms with E-state index in [4.69, 9.17) is 0 Å². The van der Waals surface area contributed by atoms with Crippen LogP contribution in [0, 0.1) is 0 Å². The molecular weight excluding hydrogens is 418 g/mol. The molecule has 5 rings (SSSR count). The van der Waals surface area contributed by atoms with Crippen LogP contribution in [0.5, 0.6) is 5.75 Å². The Bertz CT molecular complexity index is 1430. The Morgan fingerprint density at radius 3 is 1.68 bits per heavy atom. The number of benzene rings is 4. The van der Waals surface area contributed by atoms with E-state index in [9.17, 15) is 5.11 Å². The molecule has 0 radical (unpaired) electrons. The number of aromatic hydroxyl groups is 1. The highest BCUT2D eigenvalue weighted by Crippen LogP contribution is 2.38. The van der Waals surface area contributed by atoms with Crippen LogP contribution in [-0.2, 0) is 10.8 Å². The summed E-state index contributed by atoms with van der Waals surface area (Å²) in [5.41, 5.74) is 6.59. The maximum atomic E-state index is 10.6. The molecule has 0 bridgehead atoms. The SMILES string of the molecule is CC(C)(c1ccccc1)c1cccc(C(C)(C)c2ccc(O)c(-n3nc4ccccc4n3)c2)c1. The van der Waals surface area contributed by atoms with E-state index in [0.29, 0.717) is 5.69 Å². The van der Waals surface area contributed by atoms with Gasteiger partial charge >= 0.3 is 0 Å². The number of rotatable bonds is 5. The summed E-state index contributed by atoms with van der Waals surface area (Å²) in [7, 11) is 0. The number of phenolic OH excluding ortho intramolecular Hbond substituents is 1. The number of nitrogens with zero attached hydrogens (tertiary/aromatic N) is 3. The van der Waals surface area contributed by atoms with Crippen molar-refractivity contribution in [3.05, 3.63) is 119 Å². The van der Waals surface area contributed by atoms with Gasteiger partial charge < -0.3 is 5.11 Å². The highest BCUT2D eigenvalue weighted by atomic mass is 16.3. The first-order valence-electron chi connectivity index (χ1n) is 11.6. The molecule has 1 aromatic heterocycles. The molecular formula is C30H29N3O. The molecule has 0 saturated heterocycles. The van der Waals surface area contributed by atoms with Gasteiger partial charge in [-0.05, 0) is 46.5 Å². The molecule has 4 aromatic carbocycles. The highest BCUT2D eigenvalue weighted by Gasteiger charge is 2.28. The average molecular weight is 448 g/mol. The summed E-state index contributed by atoms with van der Waals surface area (Å²) in [5.74, 6) is 0.152. The van der Waals surface area contributed by atoms with Crippen molar-refractivity contribution in [2.24, 2.45) is 0 Å². The Kier molecular flexibility index (Phi) is 5.24. The van der Waals surface area contributed by atoms with Gasteiger partial charge in [-0.3, -0.25) is 0 Å². The normalized spacial score (nSPS) is 12.2. The van der Waals surface area contributed by atoms with Crippen LogP contribution in [0.3, 0.4) is 0 Å². The molecule has 0 saturated carbocycles. The van der Waals surface area contributed by atoms with Crippen LogP contribution < -0.4 is 0 Å². The zero-order valence-corrected chi connectivity index (χ0v) is 20.0. The van der Waals surface area contributed by atoms with Crippen LogP contribution in [0.4, 0.5) is 0 Å². The van der Waals surface area contributed by atoms with Crippen molar-refractivity contribution in [3.8, 4) is 11.4 Å². The van der Waals surface area contributed by atoms with E-state index in [1.165, 1.54) is 21.5 Å². The molecule has 0 atom stereocenters. The van der Waals surface area contributed by atoms with Gasteiger partial charge in [0.2, 0.25) is 0 Å². The molecule has 0 aliphatic heterocycles. The molecule has 4 heteroatoms. The van der Waals surface area contributed by atoms with Crippen LogP contribution in [0.15, 0.2) is 97.1 Å². The summed E-state index contributed by atoms with van der Waals surface area (Å²) in [4.78, 5) is 1.52. The zero-order chi connectivity index (χ0) is 23.9. The smallest absolute Gasteiger partial charge is 0.143 e. The van der Waals surface area contributed by atoms with Gasteiger partial charge in [0.25, 0.3) is 0 Å². The van der Waals surface area contributed by atoms with E-state index in [2.05, 4.69) is 92.5 Å². The van der Waals surface area contributed by atoms with Gasteiger partial charge in [0, 0.05) is 10.8 Å². The summed E-state index contributed by atoms with van der Waals surface area (Å²) in [5, 5.41) is 19.8. The quantitative estimate of drug-likeness (QED) is 0.323. The second-order valence-corrected chi connectivity index (χ2v) is 9.88. The van der Waals surface area contributed by atoms with E-state index >= 15 is 0 Å². The van der Waals surface area contributed by atoms with Gasteiger partial charge in [-0.2, -0.15) is 0 Å². The van der Waals surface area contributed by atoms with Crippen LogP contribution in [0.1, 0.15) is 49.9 Å². The topological polar surface area (TPSA) is 50.9 Å². The fourth-order valence-electron chi connectivity index (χ4n) is 4.52. The Hall–Kier alpha value is -3.92. The molecule has 0 spiro atoms. The van der Waals surface area contributed by atoms with Crippen LogP contribution in [0.2, 0.25) is 0 Å². The average Bonchev–Trinajstić information content (AvgIpc) is 3.29. The minimum absolute atomic E-state index is 0.118. The Labute approximate surface area is 200 Å². The van der Waals surface area contributed by atoms with Gasteiger partial charge in [-0.25, -0.2) is 0 Å². The molecule has 0 aliphatic rings. The third-order valence-electron chi connectivity index (χ3n) is 7.00. The zero-order valence-electron chi connectivity index (χ0n) is 20.0. The second-order valence-electron chi connectivity index (χ2n) is 9.88. The second kappa shape index (κ2) is 8.14. The Balaban J connectivity index is 1.56. The molecule has 1 heterocycles. The van der Waals surface area contributed by atoms with Crippen molar-refractivity contribution < 1.29 is 5.11 Å². The summed E-state index contributed by atoms with van der Waals surface area (Å²) < 4.78 is 0. The first kappa shape index (κ1) is 21.9. The number of hydrogen-bond donors (Lipinski definition) is 1. The van der Waals surface area contributed by atoms with Gasteiger partial charge in [-0.15, -0.1) is 15.0 Å². The molecule has 0 unspecified atom stereocenters. The minimum Gasteiger partial charge on any atom is -0.506 e. The lowest BCUT2D eigenvalue weighted by atomic mass is 9.73. The van der Waals surface area contributed by atoms with Crippen molar-refractivity contribution in [1.29, 1.82) is 0 Å². The standard InChI is InChI=1S/C30H29N3O/c1-29(2,21-11-6-5-7-12-21)22-13-10-14-23(19-22)30(3,4)24-17-18-28(34)27(20-24)33-31-25-15-8-9-16-26(25)32-33/h5-20,34H,1-4H3. The third-order valence-corrected chi connectivity index (χ3v) is 7.00. The summed E-state index contributed by atoms with van der Waals surface area (Å²) in [6.45, 7) is 8.96. The summed E-state index contributed by atoms with van der Waals surface area (Å²) >= 11 is 0. The van der Waals surface area contributed by atoms with Gasteiger partial charge in [0.05, 0.1) is 0 Å². The highest BCUT2D eigenvalue weighted by molar-refractivity contribution is 5.73. The number of phenols is 1. The molecule has 0 fully saturated rings. The molecule has 0 amide bonds. The number of hydrogen-bond acceptors (Lipinski definition) is 3. The number of aromatic nitrogens is 3. The van der Waals surface area contributed by atoms with E-state index in [-0.39, 0.29) is 16.6 Å². The van der Waals surface area contributed by atoms with Crippen molar-refractivity contribution in [2.45, 2.75) is 38.5 Å². The van der Waals surface area contributed by atoms with Gasteiger partial charge in [0.15, 0.2) is 0 Å². The van der Waals surface area contributed by atoms with Crippen LogP contribution in [-0.4, -0.2) is 20.1 Å². The molecule has 0 aliphatic carbocycles. The maximum absolute atomic E-state index is 10.6. The van der Waals surface area contributed by atoms with E-state index < -0.39 is 0 Å². The van der Waals surface area contributed by atoms with E-state index in [0.717, 1.165) is 16.6 Å². The van der Waals surface area contributed by atoms with Crippen molar-refractivity contribution in [3.63, 3.8) is 0 Å². The molecule has 34 heavy (non-hydrogen) atoms. The fourth-order valence-corrected chi connectivity index (χ4v) is 4.52. The lowest BCUT2D eigenvalue weighted by Crippen LogP contribution is -2.23. The predicted molar refractivity (Wildman–Crippen MR) is 138 cm³/mol. The van der Waals surface area contributed by atoms with Crippen LogP contribution >= 0.6 is 0 Å². The van der Waals surface area contributed by atoms with E-state index in [1.807, 2.05) is 36.4 Å². The molecule has 5 aromatic rings. The molecule has 4 nitrogen and oxygen atoms in total. The number of fused-ring (bicyclic) bond motifs is 1. The van der Waals surface area contributed by atoms with Crippen molar-refractivity contribution in [1.82, 2.24) is 15.0 Å². The van der Waals surface area contributed by atoms with Crippen LogP contribution in [0.25, 0.3) is 16.7 Å². The lowest BCUT2D eigenvalue weighted by Gasteiger charge is -2.31. The first-order valence-corrected chi connectivity index (χ1v) is 11.6. The van der Waals surface area contributed by atoms with Crippen molar-refractivity contribution in [2.75, 3.05) is 0 Å². The monoisotopic (exact) mass is 447 g/mol. The van der Waals surface area contributed by atoms with Gasteiger partial charge in [0.1, 0.15) is 22.5 Å². The Morgan fingerprint density at radius 2 is 1.06 bits per heavy atom. The Morgan fingerprint density at radius 1 is 0.559 bits per heavy atom. The summed E-state index contributed by atoms with van der Waals surface area (Å²) in [6.07, 6.45) is 0.